The van der Waals surface area contributed by atoms with Crippen LogP contribution in [0.15, 0.2) is 42.5 Å². The van der Waals surface area contributed by atoms with E-state index in [4.69, 9.17) is 4.74 Å². The summed E-state index contributed by atoms with van der Waals surface area (Å²) < 4.78 is 17.6. The Labute approximate surface area is 193 Å². The Morgan fingerprint density at radius 3 is 2.44 bits per heavy atom. The molecular formula is C27H39FN2O2. The lowest BCUT2D eigenvalue weighted by Crippen LogP contribution is -2.21. The minimum Gasteiger partial charge on any atom is -0.427 e. The van der Waals surface area contributed by atoms with Gasteiger partial charge in [0.15, 0.2) is 5.75 Å². The Bertz CT molecular complexity index is 787. The van der Waals surface area contributed by atoms with Crippen molar-refractivity contribution in [2.75, 3.05) is 25.5 Å². The summed E-state index contributed by atoms with van der Waals surface area (Å²) in [6.45, 7) is 7.00. The number of hydrogen-bond donors (Lipinski definition) is 2. The van der Waals surface area contributed by atoms with Crippen molar-refractivity contribution >= 4 is 12.2 Å². The Morgan fingerprint density at radius 2 is 1.81 bits per heavy atom. The summed E-state index contributed by atoms with van der Waals surface area (Å²) in [7, 11) is 1.83. The highest BCUT2D eigenvalue weighted by atomic mass is 19.1. The molecule has 2 aromatic carbocycles. The van der Waals surface area contributed by atoms with Gasteiger partial charge in [-0.2, -0.15) is 0 Å². The van der Waals surface area contributed by atoms with Gasteiger partial charge in [-0.05, 0) is 86.0 Å². The summed E-state index contributed by atoms with van der Waals surface area (Å²) in [6.07, 6.45) is 8.59. The maximum atomic E-state index is 12.6. The number of ether oxygens (including phenoxy) is 1. The van der Waals surface area contributed by atoms with Gasteiger partial charge in [0.25, 0.3) is 6.47 Å². The average molecular weight is 443 g/mol. The molecule has 3 rings (SSSR count). The van der Waals surface area contributed by atoms with Crippen LogP contribution in [0.2, 0.25) is 0 Å². The van der Waals surface area contributed by atoms with Gasteiger partial charge in [0.1, 0.15) is 5.82 Å². The third kappa shape index (κ3) is 9.39. The van der Waals surface area contributed by atoms with Crippen LogP contribution in [0.1, 0.15) is 69.4 Å². The van der Waals surface area contributed by atoms with Gasteiger partial charge in [0, 0.05) is 7.05 Å². The zero-order valence-corrected chi connectivity index (χ0v) is 19.8. The van der Waals surface area contributed by atoms with Crippen molar-refractivity contribution in [2.24, 2.45) is 5.92 Å². The smallest absolute Gasteiger partial charge is 0.298 e. The molecule has 0 amide bonds. The van der Waals surface area contributed by atoms with Gasteiger partial charge in [-0.1, -0.05) is 51.3 Å². The van der Waals surface area contributed by atoms with Crippen molar-refractivity contribution in [2.45, 2.75) is 64.7 Å². The zero-order chi connectivity index (χ0) is 23.2. The maximum Gasteiger partial charge on any atom is 0.298 e. The second-order valence-electron chi connectivity index (χ2n) is 8.88. The summed E-state index contributed by atoms with van der Waals surface area (Å²) in [5.74, 6) is 1.81. The van der Waals surface area contributed by atoms with Gasteiger partial charge in [-0.3, -0.25) is 4.79 Å². The van der Waals surface area contributed by atoms with Crippen LogP contribution in [0.25, 0.3) is 0 Å². The van der Waals surface area contributed by atoms with E-state index in [0.29, 0.717) is 24.1 Å². The van der Waals surface area contributed by atoms with Crippen LogP contribution in [0, 0.1) is 11.7 Å². The maximum absolute atomic E-state index is 12.6. The van der Waals surface area contributed by atoms with E-state index in [2.05, 4.69) is 30.5 Å². The molecule has 0 bridgehead atoms. The van der Waals surface area contributed by atoms with Crippen LogP contribution in [0.5, 0.6) is 5.75 Å². The summed E-state index contributed by atoms with van der Waals surface area (Å²) in [5.41, 5.74) is 3.36. The molecular weight excluding hydrogens is 403 g/mol. The molecule has 0 atom stereocenters. The van der Waals surface area contributed by atoms with Crippen LogP contribution in [-0.2, 0) is 11.2 Å². The molecule has 176 valence electrons. The van der Waals surface area contributed by atoms with E-state index in [0.717, 1.165) is 31.6 Å². The first-order valence-electron chi connectivity index (χ1n) is 11.9. The Morgan fingerprint density at radius 1 is 1.09 bits per heavy atom. The van der Waals surface area contributed by atoms with Crippen molar-refractivity contribution in [3.63, 3.8) is 0 Å². The number of halogens is 1. The van der Waals surface area contributed by atoms with Gasteiger partial charge in [-0.15, -0.1) is 0 Å². The van der Waals surface area contributed by atoms with E-state index in [1.807, 2.05) is 31.3 Å². The molecule has 32 heavy (non-hydrogen) atoms. The highest BCUT2D eigenvalue weighted by Gasteiger charge is 2.17. The van der Waals surface area contributed by atoms with E-state index in [1.165, 1.54) is 55.4 Å². The Balaban J connectivity index is 0.000000229. The van der Waals surface area contributed by atoms with Crippen LogP contribution in [0.4, 0.5) is 10.1 Å². The minimum atomic E-state index is -0.156. The number of anilines is 1. The summed E-state index contributed by atoms with van der Waals surface area (Å²) in [4.78, 5) is 10.5. The van der Waals surface area contributed by atoms with E-state index in [-0.39, 0.29) is 5.82 Å². The monoisotopic (exact) mass is 442 g/mol. The number of benzene rings is 2. The minimum absolute atomic E-state index is 0.156. The van der Waals surface area contributed by atoms with Crippen molar-refractivity contribution in [3.8, 4) is 5.75 Å². The molecule has 0 saturated heterocycles. The van der Waals surface area contributed by atoms with E-state index >= 15 is 0 Å². The summed E-state index contributed by atoms with van der Waals surface area (Å²) in [6, 6.07) is 12.9. The molecule has 4 nitrogen and oxygen atoms in total. The first-order chi connectivity index (χ1) is 15.5. The molecule has 1 aliphatic carbocycles. The molecule has 0 heterocycles. The largest absolute Gasteiger partial charge is 0.427 e. The second kappa shape index (κ2) is 14.6. The van der Waals surface area contributed by atoms with E-state index < -0.39 is 0 Å². The topological polar surface area (TPSA) is 50.4 Å². The molecule has 0 unspecified atom stereocenters. The van der Waals surface area contributed by atoms with E-state index in [1.54, 1.807) is 0 Å². The van der Waals surface area contributed by atoms with Gasteiger partial charge < -0.3 is 15.4 Å². The molecule has 1 fully saturated rings. The number of nitrogens with one attached hydrogen (secondary N) is 2. The van der Waals surface area contributed by atoms with Gasteiger partial charge >= 0.3 is 0 Å². The lowest BCUT2D eigenvalue weighted by atomic mass is 9.84. The standard InChI is InChI=1S/C14H19NO2.C13H20FN/c1-15-13-8-7-12(9-14(13)17-10-16)11-5-3-2-4-6-11;1-11(2)10-15-9-3-4-12-5-7-13(14)8-6-12/h7-11,15H,2-6H2,1H3;5-8,11,15H,3-4,9-10H2,1-2H3. The van der Waals surface area contributed by atoms with Crippen molar-refractivity contribution < 1.29 is 13.9 Å². The summed E-state index contributed by atoms with van der Waals surface area (Å²) >= 11 is 0. The Kier molecular flexibility index (Phi) is 11.8. The quantitative estimate of drug-likeness (QED) is 0.334. The lowest BCUT2D eigenvalue weighted by molar-refractivity contribution is -0.120. The van der Waals surface area contributed by atoms with Crippen LogP contribution < -0.4 is 15.4 Å². The van der Waals surface area contributed by atoms with Gasteiger partial charge in [0.05, 0.1) is 5.69 Å². The number of carbonyl (C=O) groups excluding carboxylic acids is 1. The second-order valence-corrected chi connectivity index (χ2v) is 8.88. The first-order valence-corrected chi connectivity index (χ1v) is 11.9. The number of aryl methyl sites for hydroxylation is 1. The molecule has 0 aromatic heterocycles. The third-order valence-corrected chi connectivity index (χ3v) is 5.81. The highest BCUT2D eigenvalue weighted by molar-refractivity contribution is 5.62. The summed E-state index contributed by atoms with van der Waals surface area (Å²) in [5, 5.41) is 6.42. The molecule has 2 N–H and O–H groups in total. The van der Waals surface area contributed by atoms with Crippen LogP contribution in [-0.4, -0.2) is 26.6 Å². The predicted octanol–water partition coefficient (Wildman–Crippen LogP) is 6.32. The SMILES string of the molecule is CC(C)CNCCCc1ccc(F)cc1.CNc1ccc(C2CCCCC2)cc1OC=O. The highest BCUT2D eigenvalue weighted by Crippen LogP contribution is 2.36. The van der Waals surface area contributed by atoms with Crippen LogP contribution in [0.3, 0.4) is 0 Å². The first kappa shape index (κ1) is 25.9. The van der Waals surface area contributed by atoms with Crippen molar-refractivity contribution in [1.82, 2.24) is 5.32 Å². The molecule has 5 heteroatoms. The number of hydrogen-bond acceptors (Lipinski definition) is 4. The Hall–Kier alpha value is -2.40. The van der Waals surface area contributed by atoms with Gasteiger partial charge in [-0.25, -0.2) is 4.39 Å². The normalized spacial score (nSPS) is 13.9. The molecule has 1 saturated carbocycles. The number of carbonyl (C=O) groups is 1. The lowest BCUT2D eigenvalue weighted by Gasteiger charge is -2.22. The number of rotatable bonds is 10. The molecule has 1 aliphatic rings. The average Bonchev–Trinajstić information content (AvgIpc) is 2.81. The molecule has 0 spiro atoms. The van der Waals surface area contributed by atoms with E-state index in [9.17, 15) is 9.18 Å². The van der Waals surface area contributed by atoms with Crippen molar-refractivity contribution in [1.29, 1.82) is 0 Å². The fraction of sp³-hybridized carbons (Fsp3) is 0.519. The zero-order valence-electron chi connectivity index (χ0n) is 19.8. The fourth-order valence-electron chi connectivity index (χ4n) is 4.04. The third-order valence-electron chi connectivity index (χ3n) is 5.81. The van der Waals surface area contributed by atoms with Crippen molar-refractivity contribution in [3.05, 3.63) is 59.4 Å². The van der Waals surface area contributed by atoms with Crippen LogP contribution >= 0.6 is 0 Å². The fourth-order valence-corrected chi connectivity index (χ4v) is 4.04. The predicted molar refractivity (Wildman–Crippen MR) is 131 cm³/mol. The van der Waals surface area contributed by atoms with Gasteiger partial charge in [0.2, 0.25) is 0 Å². The molecule has 0 radical (unpaired) electrons. The molecule has 2 aromatic rings. The molecule has 0 aliphatic heterocycles.